The van der Waals surface area contributed by atoms with Gasteiger partial charge in [-0.1, -0.05) is 13.8 Å². The third-order valence-corrected chi connectivity index (χ3v) is 3.62. The largest absolute Gasteiger partial charge is 0.370 e. The highest BCUT2D eigenvalue weighted by Crippen LogP contribution is 2.26. The van der Waals surface area contributed by atoms with Crippen molar-refractivity contribution >= 4 is 17.4 Å². The van der Waals surface area contributed by atoms with Crippen LogP contribution in [0.25, 0.3) is 0 Å². The molecule has 1 aromatic heterocycles. The van der Waals surface area contributed by atoms with Crippen molar-refractivity contribution in [1.82, 2.24) is 4.98 Å². The Bertz CT molecular complexity index is 436. The van der Waals surface area contributed by atoms with Crippen molar-refractivity contribution in [2.45, 2.75) is 26.7 Å². The van der Waals surface area contributed by atoms with E-state index in [0.29, 0.717) is 30.6 Å². The molecule has 5 nitrogen and oxygen atoms in total. The van der Waals surface area contributed by atoms with Gasteiger partial charge >= 0.3 is 0 Å². The molecule has 0 spiro atoms. The fourth-order valence-electron chi connectivity index (χ4n) is 2.86. The number of amides is 1. The lowest BCUT2D eigenvalue weighted by Crippen LogP contribution is -2.38. The lowest BCUT2D eigenvalue weighted by Gasteiger charge is -2.36. The first-order valence-corrected chi connectivity index (χ1v) is 7.29. The standard InChI is InChI=1S/C15H24N4O/c1-11-7-12(2)10-19(9-11)13-3-4-14(17-8-13)18-15(20)5-6-16/h3-4,8,11-12H,5-7,9-10,16H2,1-2H3,(H,17,18,20). The number of hydrogen-bond acceptors (Lipinski definition) is 4. The van der Waals surface area contributed by atoms with E-state index in [0.717, 1.165) is 18.8 Å². The zero-order valence-corrected chi connectivity index (χ0v) is 12.3. The molecule has 1 saturated heterocycles. The molecule has 2 unspecified atom stereocenters. The van der Waals surface area contributed by atoms with Gasteiger partial charge in [0.15, 0.2) is 0 Å². The van der Waals surface area contributed by atoms with E-state index in [9.17, 15) is 4.79 Å². The minimum Gasteiger partial charge on any atom is -0.370 e. The maximum Gasteiger partial charge on any atom is 0.226 e. The molecule has 1 fully saturated rings. The van der Waals surface area contributed by atoms with Crippen molar-refractivity contribution in [3.63, 3.8) is 0 Å². The number of rotatable bonds is 4. The highest BCUT2D eigenvalue weighted by Gasteiger charge is 2.22. The van der Waals surface area contributed by atoms with Gasteiger partial charge in [-0.15, -0.1) is 0 Å². The second-order valence-electron chi connectivity index (χ2n) is 5.84. The topological polar surface area (TPSA) is 71.2 Å². The van der Waals surface area contributed by atoms with Crippen LogP contribution in [0.4, 0.5) is 11.5 Å². The molecule has 0 aliphatic carbocycles. The van der Waals surface area contributed by atoms with E-state index in [2.05, 4.69) is 29.0 Å². The number of hydrogen-bond donors (Lipinski definition) is 2. The molecular weight excluding hydrogens is 252 g/mol. The predicted octanol–water partition coefficient (Wildman–Crippen LogP) is 1.85. The monoisotopic (exact) mass is 276 g/mol. The van der Waals surface area contributed by atoms with Crippen molar-refractivity contribution in [3.8, 4) is 0 Å². The smallest absolute Gasteiger partial charge is 0.226 e. The van der Waals surface area contributed by atoms with Gasteiger partial charge in [0.05, 0.1) is 11.9 Å². The van der Waals surface area contributed by atoms with E-state index < -0.39 is 0 Å². The number of anilines is 2. The Hall–Kier alpha value is -1.62. The van der Waals surface area contributed by atoms with Crippen molar-refractivity contribution < 1.29 is 4.79 Å². The number of nitrogens with one attached hydrogen (secondary N) is 1. The maximum absolute atomic E-state index is 11.4. The van der Waals surface area contributed by atoms with Crippen LogP contribution in [0.2, 0.25) is 0 Å². The summed E-state index contributed by atoms with van der Waals surface area (Å²) in [6.07, 6.45) is 3.45. The minimum atomic E-state index is -0.0898. The number of nitrogens with two attached hydrogens (primary N) is 1. The summed E-state index contributed by atoms with van der Waals surface area (Å²) in [5, 5.41) is 2.74. The summed E-state index contributed by atoms with van der Waals surface area (Å²) in [6.45, 7) is 7.08. The number of piperidine rings is 1. The summed E-state index contributed by atoms with van der Waals surface area (Å²) in [5.74, 6) is 1.92. The molecular formula is C15H24N4O. The molecule has 2 atom stereocenters. The van der Waals surface area contributed by atoms with E-state index in [-0.39, 0.29) is 5.91 Å². The third kappa shape index (κ3) is 3.93. The molecule has 5 heteroatoms. The second-order valence-corrected chi connectivity index (χ2v) is 5.84. The van der Waals surface area contributed by atoms with Gasteiger partial charge in [0.25, 0.3) is 0 Å². The Balaban J connectivity index is 1.99. The van der Waals surface area contributed by atoms with Gasteiger partial charge < -0.3 is 16.0 Å². The zero-order valence-electron chi connectivity index (χ0n) is 12.3. The lowest BCUT2D eigenvalue weighted by atomic mass is 9.92. The first kappa shape index (κ1) is 14.8. The summed E-state index contributed by atoms with van der Waals surface area (Å²) in [6, 6.07) is 3.88. The molecule has 1 amide bonds. The molecule has 2 rings (SSSR count). The van der Waals surface area contributed by atoms with Crippen molar-refractivity contribution in [3.05, 3.63) is 18.3 Å². The first-order chi connectivity index (χ1) is 9.58. The van der Waals surface area contributed by atoms with Crippen molar-refractivity contribution in [2.75, 3.05) is 29.9 Å². The molecule has 0 radical (unpaired) electrons. The summed E-state index contributed by atoms with van der Waals surface area (Å²) < 4.78 is 0. The Kier molecular flexibility index (Phi) is 4.95. The predicted molar refractivity (Wildman–Crippen MR) is 81.7 cm³/mol. The highest BCUT2D eigenvalue weighted by molar-refractivity contribution is 5.89. The first-order valence-electron chi connectivity index (χ1n) is 7.29. The van der Waals surface area contributed by atoms with E-state index >= 15 is 0 Å². The van der Waals surface area contributed by atoms with Gasteiger partial charge in [0, 0.05) is 26.1 Å². The van der Waals surface area contributed by atoms with Crippen LogP contribution in [-0.4, -0.2) is 30.5 Å². The highest BCUT2D eigenvalue weighted by atomic mass is 16.1. The van der Waals surface area contributed by atoms with Crippen LogP contribution in [0, 0.1) is 11.8 Å². The third-order valence-electron chi connectivity index (χ3n) is 3.62. The van der Waals surface area contributed by atoms with Gasteiger partial charge in [0.1, 0.15) is 5.82 Å². The summed E-state index contributed by atoms with van der Waals surface area (Å²) in [5.41, 5.74) is 6.47. The number of nitrogens with zero attached hydrogens (tertiary/aromatic N) is 2. The molecule has 110 valence electrons. The van der Waals surface area contributed by atoms with Crippen LogP contribution in [0.5, 0.6) is 0 Å². The molecule has 2 heterocycles. The average molecular weight is 276 g/mol. The van der Waals surface area contributed by atoms with Gasteiger partial charge in [-0.3, -0.25) is 4.79 Å². The van der Waals surface area contributed by atoms with Crippen LogP contribution in [0.3, 0.4) is 0 Å². The number of aromatic nitrogens is 1. The fraction of sp³-hybridized carbons (Fsp3) is 0.600. The SMILES string of the molecule is CC1CC(C)CN(c2ccc(NC(=O)CCN)nc2)C1. The number of carbonyl (C=O) groups excluding carboxylic acids is 1. The van der Waals surface area contributed by atoms with Crippen LogP contribution >= 0.6 is 0 Å². The van der Waals surface area contributed by atoms with Gasteiger partial charge in [-0.2, -0.15) is 0 Å². The zero-order chi connectivity index (χ0) is 14.5. The Morgan fingerprint density at radius 3 is 2.65 bits per heavy atom. The van der Waals surface area contributed by atoms with Crippen molar-refractivity contribution in [2.24, 2.45) is 17.6 Å². The van der Waals surface area contributed by atoms with Crippen LogP contribution in [-0.2, 0) is 4.79 Å². The van der Waals surface area contributed by atoms with E-state index in [1.165, 1.54) is 6.42 Å². The molecule has 0 saturated carbocycles. The lowest BCUT2D eigenvalue weighted by molar-refractivity contribution is -0.116. The van der Waals surface area contributed by atoms with Gasteiger partial charge in [-0.25, -0.2) is 4.98 Å². The molecule has 1 aliphatic rings. The van der Waals surface area contributed by atoms with E-state index in [1.807, 2.05) is 18.3 Å². The van der Waals surface area contributed by atoms with Gasteiger partial charge in [0.2, 0.25) is 5.91 Å². The Morgan fingerprint density at radius 1 is 1.40 bits per heavy atom. The summed E-state index contributed by atoms with van der Waals surface area (Å²) in [4.78, 5) is 18.1. The Labute approximate surface area is 120 Å². The quantitative estimate of drug-likeness (QED) is 0.880. The van der Waals surface area contributed by atoms with Gasteiger partial charge in [-0.05, 0) is 30.4 Å². The molecule has 1 aromatic rings. The molecule has 20 heavy (non-hydrogen) atoms. The van der Waals surface area contributed by atoms with Crippen LogP contribution in [0.1, 0.15) is 26.7 Å². The average Bonchev–Trinajstić information content (AvgIpc) is 2.38. The van der Waals surface area contributed by atoms with Crippen LogP contribution in [0.15, 0.2) is 18.3 Å². The van der Waals surface area contributed by atoms with E-state index in [4.69, 9.17) is 5.73 Å². The molecule has 0 aromatic carbocycles. The number of pyridine rings is 1. The molecule has 1 aliphatic heterocycles. The molecule has 3 N–H and O–H groups in total. The fourth-order valence-corrected chi connectivity index (χ4v) is 2.86. The number of carbonyl (C=O) groups is 1. The maximum atomic E-state index is 11.4. The normalized spacial score (nSPS) is 22.6. The van der Waals surface area contributed by atoms with Crippen molar-refractivity contribution in [1.29, 1.82) is 0 Å². The second kappa shape index (κ2) is 6.70. The summed E-state index contributed by atoms with van der Waals surface area (Å²) in [7, 11) is 0. The Morgan fingerprint density at radius 2 is 2.10 bits per heavy atom. The minimum absolute atomic E-state index is 0.0898. The van der Waals surface area contributed by atoms with E-state index in [1.54, 1.807) is 0 Å². The molecule has 0 bridgehead atoms. The summed E-state index contributed by atoms with van der Waals surface area (Å²) >= 11 is 0. The van der Waals surface area contributed by atoms with Crippen LogP contribution < -0.4 is 16.0 Å².